The van der Waals surface area contributed by atoms with Gasteiger partial charge in [0, 0.05) is 5.92 Å². The number of halogens is 3. The van der Waals surface area contributed by atoms with Crippen molar-refractivity contribution in [3.8, 4) is 0 Å². The summed E-state index contributed by atoms with van der Waals surface area (Å²) in [6.45, 7) is 1.50. The van der Waals surface area contributed by atoms with E-state index in [9.17, 15) is 18.0 Å². The van der Waals surface area contributed by atoms with Crippen molar-refractivity contribution in [2.45, 2.75) is 31.9 Å². The first kappa shape index (κ1) is 14.6. The Hall–Kier alpha value is -2.31. The van der Waals surface area contributed by atoms with Crippen LogP contribution >= 0.6 is 0 Å². The molecule has 4 nitrogen and oxygen atoms in total. The number of carbonyl (C=O) groups excluding carboxylic acids is 1. The second kappa shape index (κ2) is 5.15. The fourth-order valence-corrected chi connectivity index (χ4v) is 2.16. The van der Waals surface area contributed by atoms with E-state index in [2.05, 4.69) is 10.3 Å². The second-order valence-corrected chi connectivity index (χ2v) is 5.29. The number of anilines is 1. The number of oxazole rings is 1. The minimum atomic E-state index is -4.54. The molecule has 1 aliphatic rings. The van der Waals surface area contributed by atoms with Gasteiger partial charge < -0.3 is 9.73 Å². The van der Waals surface area contributed by atoms with Gasteiger partial charge in [0.05, 0.1) is 11.3 Å². The fraction of sp³-hybridized carbons (Fsp3) is 0.333. The highest BCUT2D eigenvalue weighted by Crippen LogP contribution is 2.39. The molecule has 1 saturated carbocycles. The minimum Gasteiger partial charge on any atom is -0.448 e. The minimum absolute atomic E-state index is 0.0155. The van der Waals surface area contributed by atoms with E-state index in [0.717, 1.165) is 18.9 Å². The van der Waals surface area contributed by atoms with Crippen molar-refractivity contribution >= 4 is 11.6 Å². The molecular formula is C15H13F3N2O2. The number of rotatable bonds is 3. The highest BCUT2D eigenvalue weighted by atomic mass is 19.4. The average molecular weight is 310 g/mol. The molecule has 0 atom stereocenters. The number of carbonyl (C=O) groups is 1. The molecule has 3 rings (SSSR count). The number of alkyl halides is 3. The lowest BCUT2D eigenvalue weighted by atomic mass is 10.1. The summed E-state index contributed by atoms with van der Waals surface area (Å²) in [5, 5.41) is 2.29. The summed E-state index contributed by atoms with van der Waals surface area (Å²) < 4.78 is 44.2. The summed E-state index contributed by atoms with van der Waals surface area (Å²) in [5.74, 6) is -0.0211. The van der Waals surface area contributed by atoms with E-state index >= 15 is 0 Å². The van der Waals surface area contributed by atoms with E-state index in [4.69, 9.17) is 4.42 Å². The molecule has 1 aromatic heterocycles. The zero-order valence-electron chi connectivity index (χ0n) is 11.7. The zero-order valence-corrected chi connectivity index (χ0v) is 11.7. The number of benzene rings is 1. The van der Waals surface area contributed by atoms with Crippen molar-refractivity contribution in [1.82, 2.24) is 4.98 Å². The highest BCUT2D eigenvalue weighted by molar-refractivity contribution is 6.03. The van der Waals surface area contributed by atoms with Crippen LogP contribution in [0.4, 0.5) is 18.9 Å². The van der Waals surface area contributed by atoms with Gasteiger partial charge in [0.15, 0.2) is 11.6 Å². The predicted molar refractivity (Wildman–Crippen MR) is 72.6 cm³/mol. The number of aryl methyl sites for hydroxylation is 1. The van der Waals surface area contributed by atoms with Gasteiger partial charge in [-0.1, -0.05) is 12.1 Å². The van der Waals surface area contributed by atoms with E-state index in [1.807, 2.05) is 0 Å². The Balaban J connectivity index is 1.87. The van der Waals surface area contributed by atoms with Gasteiger partial charge >= 0.3 is 6.18 Å². The van der Waals surface area contributed by atoms with Gasteiger partial charge in [0.1, 0.15) is 6.26 Å². The lowest BCUT2D eigenvalue weighted by Gasteiger charge is -2.15. The topological polar surface area (TPSA) is 55.1 Å². The normalized spacial score (nSPS) is 14.9. The maximum atomic E-state index is 13.0. The second-order valence-electron chi connectivity index (χ2n) is 5.29. The van der Waals surface area contributed by atoms with Crippen LogP contribution in [0.15, 0.2) is 28.9 Å². The Bertz CT molecular complexity index is 718. The van der Waals surface area contributed by atoms with Crippen LogP contribution in [0.3, 0.4) is 0 Å². The summed E-state index contributed by atoms with van der Waals surface area (Å²) in [6.07, 6.45) is -1.46. The van der Waals surface area contributed by atoms with Gasteiger partial charge in [-0.05, 0) is 31.4 Å². The van der Waals surface area contributed by atoms with Gasteiger partial charge in [0.2, 0.25) is 0 Å². The van der Waals surface area contributed by atoms with Crippen LogP contribution in [0.5, 0.6) is 0 Å². The standard InChI is InChI=1S/C15H13F3N2O2/c1-8-3-2-4-10(15(16,17)18)12(8)20-13(21)11-7-22-14(19-11)9-5-6-9/h2-4,7,9H,5-6H2,1H3,(H,20,21). The third-order valence-corrected chi connectivity index (χ3v) is 3.50. The summed E-state index contributed by atoms with van der Waals surface area (Å²) in [7, 11) is 0. The Morgan fingerprint density at radius 2 is 2.09 bits per heavy atom. The third kappa shape index (κ3) is 2.84. The molecule has 1 heterocycles. The van der Waals surface area contributed by atoms with Crippen molar-refractivity contribution < 1.29 is 22.4 Å². The van der Waals surface area contributed by atoms with Gasteiger partial charge in [-0.15, -0.1) is 0 Å². The Morgan fingerprint density at radius 1 is 1.36 bits per heavy atom. The summed E-state index contributed by atoms with van der Waals surface area (Å²) in [6, 6.07) is 3.74. The number of amides is 1. The van der Waals surface area contributed by atoms with Gasteiger partial charge in [-0.2, -0.15) is 13.2 Å². The molecule has 1 aliphatic carbocycles. The Labute approximate surface area is 124 Å². The smallest absolute Gasteiger partial charge is 0.418 e. The monoisotopic (exact) mass is 310 g/mol. The molecule has 2 aromatic rings. The molecule has 0 spiro atoms. The molecular weight excluding hydrogens is 297 g/mol. The zero-order chi connectivity index (χ0) is 15.9. The number of nitrogens with zero attached hydrogens (tertiary/aromatic N) is 1. The molecule has 0 bridgehead atoms. The lowest BCUT2D eigenvalue weighted by Crippen LogP contribution is -2.18. The number of para-hydroxylation sites is 1. The molecule has 7 heteroatoms. The molecule has 22 heavy (non-hydrogen) atoms. The van der Waals surface area contributed by atoms with E-state index in [-0.39, 0.29) is 17.3 Å². The van der Waals surface area contributed by atoms with Gasteiger partial charge in [-0.3, -0.25) is 4.79 Å². The molecule has 1 N–H and O–H groups in total. The van der Waals surface area contributed by atoms with Crippen LogP contribution in [0.2, 0.25) is 0 Å². The highest BCUT2D eigenvalue weighted by Gasteiger charge is 2.35. The Kier molecular flexibility index (Phi) is 3.42. The summed E-state index contributed by atoms with van der Waals surface area (Å²) >= 11 is 0. The molecule has 116 valence electrons. The van der Waals surface area contributed by atoms with E-state index in [1.165, 1.54) is 25.3 Å². The van der Waals surface area contributed by atoms with Crippen LogP contribution in [0.25, 0.3) is 0 Å². The van der Waals surface area contributed by atoms with E-state index < -0.39 is 17.6 Å². The largest absolute Gasteiger partial charge is 0.448 e. The molecule has 0 saturated heterocycles. The first-order chi connectivity index (χ1) is 10.4. The van der Waals surface area contributed by atoms with Crippen molar-refractivity contribution in [3.63, 3.8) is 0 Å². The molecule has 0 aliphatic heterocycles. The number of nitrogens with one attached hydrogen (secondary N) is 1. The maximum Gasteiger partial charge on any atom is 0.418 e. The lowest BCUT2D eigenvalue weighted by molar-refractivity contribution is -0.136. The van der Waals surface area contributed by atoms with Crippen LogP contribution in [-0.2, 0) is 6.18 Å². The average Bonchev–Trinajstić information content (AvgIpc) is 3.17. The van der Waals surface area contributed by atoms with Crippen LogP contribution in [0.1, 0.15) is 46.3 Å². The van der Waals surface area contributed by atoms with Crippen molar-refractivity contribution in [1.29, 1.82) is 0 Å². The third-order valence-electron chi connectivity index (χ3n) is 3.50. The molecule has 1 amide bonds. The number of hydrogen-bond acceptors (Lipinski definition) is 3. The number of aromatic nitrogens is 1. The van der Waals surface area contributed by atoms with Crippen LogP contribution < -0.4 is 5.32 Å². The summed E-state index contributed by atoms with van der Waals surface area (Å²) in [4.78, 5) is 16.1. The summed E-state index contributed by atoms with van der Waals surface area (Å²) in [5.41, 5.74) is -0.824. The quantitative estimate of drug-likeness (QED) is 0.927. The van der Waals surface area contributed by atoms with Crippen molar-refractivity contribution in [3.05, 3.63) is 47.2 Å². The van der Waals surface area contributed by atoms with Crippen molar-refractivity contribution in [2.75, 3.05) is 5.32 Å². The molecule has 1 fully saturated rings. The van der Waals surface area contributed by atoms with Gasteiger partial charge in [-0.25, -0.2) is 4.98 Å². The predicted octanol–water partition coefficient (Wildman–Crippen LogP) is 4.13. The Morgan fingerprint density at radius 3 is 2.73 bits per heavy atom. The molecule has 0 radical (unpaired) electrons. The van der Waals surface area contributed by atoms with E-state index in [1.54, 1.807) is 0 Å². The maximum absolute atomic E-state index is 13.0. The van der Waals surface area contributed by atoms with Crippen molar-refractivity contribution in [2.24, 2.45) is 0 Å². The number of hydrogen-bond donors (Lipinski definition) is 1. The van der Waals surface area contributed by atoms with Crippen LogP contribution in [0, 0.1) is 6.92 Å². The van der Waals surface area contributed by atoms with E-state index in [0.29, 0.717) is 11.5 Å². The van der Waals surface area contributed by atoms with Gasteiger partial charge in [0.25, 0.3) is 5.91 Å². The SMILES string of the molecule is Cc1cccc(C(F)(F)F)c1NC(=O)c1coc(C2CC2)n1. The molecule has 0 unspecified atom stereocenters. The van der Waals surface area contributed by atoms with Crippen LogP contribution in [-0.4, -0.2) is 10.9 Å². The first-order valence-electron chi connectivity index (χ1n) is 6.80. The molecule has 1 aromatic carbocycles. The fourth-order valence-electron chi connectivity index (χ4n) is 2.16. The first-order valence-corrected chi connectivity index (χ1v) is 6.80.